The lowest BCUT2D eigenvalue weighted by molar-refractivity contribution is -0.143. The fourth-order valence-corrected chi connectivity index (χ4v) is 1.28. The highest BCUT2D eigenvalue weighted by Gasteiger charge is 2.38. The van der Waals surface area contributed by atoms with E-state index in [0.29, 0.717) is 6.07 Å². The van der Waals surface area contributed by atoms with E-state index in [4.69, 9.17) is 10.5 Å². The summed E-state index contributed by atoms with van der Waals surface area (Å²) in [6.07, 6.45) is -8.93. The van der Waals surface area contributed by atoms with Crippen LogP contribution in [0, 0.1) is 22.7 Å². The maximum absolute atomic E-state index is 12.5. The van der Waals surface area contributed by atoms with Crippen molar-refractivity contribution in [2.75, 3.05) is 0 Å². The second-order valence-electron chi connectivity index (χ2n) is 3.18. The van der Waals surface area contributed by atoms with Gasteiger partial charge >= 0.3 is 6.18 Å². The summed E-state index contributed by atoms with van der Waals surface area (Å²) < 4.78 is 62.4. The smallest absolute Gasteiger partial charge is 0.232 e. The molecule has 1 heterocycles. The van der Waals surface area contributed by atoms with Gasteiger partial charge in [-0.05, 0) is 6.07 Å². The zero-order valence-electron chi connectivity index (χ0n) is 8.59. The number of rotatable bonds is 2. The highest BCUT2D eigenvalue weighted by atomic mass is 19.4. The highest BCUT2D eigenvalue weighted by Crippen LogP contribution is 2.35. The third kappa shape index (κ3) is 2.72. The summed E-state index contributed by atoms with van der Waals surface area (Å²) in [4.78, 5) is 2.89. The van der Waals surface area contributed by atoms with Crippen molar-refractivity contribution in [1.29, 1.82) is 10.5 Å². The molecule has 0 aliphatic rings. The van der Waals surface area contributed by atoms with Gasteiger partial charge in [-0.2, -0.15) is 23.7 Å². The van der Waals surface area contributed by atoms with Crippen LogP contribution in [0.2, 0.25) is 0 Å². The zero-order valence-corrected chi connectivity index (χ0v) is 8.59. The van der Waals surface area contributed by atoms with Gasteiger partial charge in [0.15, 0.2) is 5.69 Å². The average Bonchev–Trinajstić information content (AvgIpc) is 2.27. The molecule has 0 spiro atoms. The number of pyridine rings is 1. The van der Waals surface area contributed by atoms with Gasteiger partial charge in [0.25, 0.3) is 6.43 Å². The number of alkyl halides is 5. The molecule has 0 saturated carbocycles. The van der Waals surface area contributed by atoms with E-state index in [1.165, 1.54) is 6.07 Å². The van der Waals surface area contributed by atoms with Crippen LogP contribution in [0.25, 0.3) is 0 Å². The van der Waals surface area contributed by atoms with Crippen molar-refractivity contribution < 1.29 is 22.0 Å². The van der Waals surface area contributed by atoms with Crippen LogP contribution in [0.3, 0.4) is 0 Å². The molecular weight excluding hydrogens is 257 g/mol. The van der Waals surface area contributed by atoms with E-state index in [1.54, 1.807) is 6.07 Å². The Bertz CT molecular complexity index is 536. The van der Waals surface area contributed by atoms with Crippen molar-refractivity contribution in [3.63, 3.8) is 0 Å². The molecule has 1 aromatic heterocycles. The number of hydrogen-bond acceptors (Lipinski definition) is 3. The van der Waals surface area contributed by atoms with Gasteiger partial charge in [-0.1, -0.05) is 0 Å². The molecule has 94 valence electrons. The first-order valence-electron chi connectivity index (χ1n) is 4.47. The third-order valence-corrected chi connectivity index (χ3v) is 2.01. The van der Waals surface area contributed by atoms with Gasteiger partial charge in [-0.15, -0.1) is 0 Å². The van der Waals surface area contributed by atoms with Gasteiger partial charge in [0.05, 0.1) is 12.5 Å². The Morgan fingerprint density at radius 3 is 2.28 bits per heavy atom. The lowest BCUT2D eigenvalue weighted by Gasteiger charge is -2.13. The van der Waals surface area contributed by atoms with Gasteiger partial charge in [0, 0.05) is 11.1 Å². The fraction of sp³-hybridized carbons (Fsp3) is 0.300. The summed E-state index contributed by atoms with van der Waals surface area (Å²) >= 11 is 0. The van der Waals surface area contributed by atoms with Crippen LogP contribution in [0.5, 0.6) is 0 Å². The Hall–Kier alpha value is -2.22. The van der Waals surface area contributed by atoms with E-state index < -0.39 is 36.0 Å². The number of halogens is 5. The molecule has 0 aromatic carbocycles. The van der Waals surface area contributed by atoms with Crippen molar-refractivity contribution in [3.8, 4) is 12.1 Å². The first-order valence-corrected chi connectivity index (χ1v) is 4.47. The van der Waals surface area contributed by atoms with Gasteiger partial charge in [0.2, 0.25) is 0 Å². The lowest BCUT2D eigenvalue weighted by atomic mass is 10.1. The van der Waals surface area contributed by atoms with Crippen LogP contribution in [-0.4, -0.2) is 4.98 Å². The molecule has 0 atom stereocenters. The minimum atomic E-state index is -5.08. The van der Waals surface area contributed by atoms with Crippen LogP contribution < -0.4 is 0 Å². The molecular formula is C10H4F5N3. The van der Waals surface area contributed by atoms with Crippen LogP contribution in [0.1, 0.15) is 28.9 Å². The Morgan fingerprint density at radius 2 is 1.89 bits per heavy atom. The summed E-state index contributed by atoms with van der Waals surface area (Å²) in [5.74, 6) is 0. The van der Waals surface area contributed by atoms with Crippen molar-refractivity contribution in [3.05, 3.63) is 28.6 Å². The van der Waals surface area contributed by atoms with E-state index in [1.807, 2.05) is 0 Å². The van der Waals surface area contributed by atoms with Crippen molar-refractivity contribution >= 4 is 0 Å². The first-order chi connectivity index (χ1) is 8.31. The third-order valence-electron chi connectivity index (χ3n) is 2.01. The number of nitriles is 2. The first kappa shape index (κ1) is 13.8. The Labute approximate surface area is 98.1 Å². The Kier molecular flexibility index (Phi) is 3.82. The van der Waals surface area contributed by atoms with Crippen molar-refractivity contribution in [2.45, 2.75) is 19.0 Å². The van der Waals surface area contributed by atoms with Crippen LogP contribution in [-0.2, 0) is 12.6 Å². The zero-order chi connectivity index (χ0) is 13.9. The molecule has 0 amide bonds. The minimum absolute atomic E-state index is 0.247. The van der Waals surface area contributed by atoms with Gasteiger partial charge in [-0.3, -0.25) is 0 Å². The maximum Gasteiger partial charge on any atom is 0.433 e. The SMILES string of the molecule is N#CCc1cc(C(F)F)c(C(F)(F)F)nc1C#N. The van der Waals surface area contributed by atoms with Crippen LogP contribution in [0.4, 0.5) is 22.0 Å². The quantitative estimate of drug-likeness (QED) is 0.769. The van der Waals surface area contributed by atoms with Gasteiger partial charge in [0.1, 0.15) is 11.8 Å². The minimum Gasteiger partial charge on any atom is -0.232 e. The molecule has 0 N–H and O–H groups in total. The molecule has 0 aliphatic carbocycles. The second kappa shape index (κ2) is 4.96. The van der Waals surface area contributed by atoms with Gasteiger partial charge < -0.3 is 0 Å². The van der Waals surface area contributed by atoms with Crippen LogP contribution in [0.15, 0.2) is 6.07 Å². The van der Waals surface area contributed by atoms with E-state index in [9.17, 15) is 22.0 Å². The van der Waals surface area contributed by atoms with E-state index in [0.717, 1.165) is 0 Å². The van der Waals surface area contributed by atoms with Crippen LogP contribution >= 0.6 is 0 Å². The Balaban J connectivity index is 3.55. The maximum atomic E-state index is 12.5. The summed E-state index contributed by atoms with van der Waals surface area (Å²) in [6.45, 7) is 0. The van der Waals surface area contributed by atoms with Gasteiger partial charge in [-0.25, -0.2) is 13.8 Å². The standard InChI is InChI=1S/C10H4F5N3/c11-9(12)6-3-5(1-2-16)7(4-17)18-8(6)10(13,14)15/h3,9H,1H2. The van der Waals surface area contributed by atoms with Crippen molar-refractivity contribution in [1.82, 2.24) is 4.98 Å². The molecule has 0 bridgehead atoms. The molecule has 8 heteroatoms. The lowest BCUT2D eigenvalue weighted by Crippen LogP contribution is -2.15. The largest absolute Gasteiger partial charge is 0.433 e. The van der Waals surface area contributed by atoms with E-state index >= 15 is 0 Å². The topological polar surface area (TPSA) is 60.5 Å². The molecule has 0 aliphatic heterocycles. The number of nitrogens with zero attached hydrogens (tertiary/aromatic N) is 3. The predicted molar refractivity (Wildman–Crippen MR) is 48.2 cm³/mol. The molecule has 0 radical (unpaired) electrons. The molecule has 1 aromatic rings. The molecule has 1 rings (SSSR count). The normalized spacial score (nSPS) is 11.1. The summed E-state index contributed by atoms with van der Waals surface area (Å²) in [5, 5.41) is 17.0. The predicted octanol–water partition coefficient (Wildman–Crippen LogP) is 2.98. The van der Waals surface area contributed by atoms with E-state index in [2.05, 4.69) is 4.98 Å². The molecule has 0 saturated heterocycles. The summed E-state index contributed by atoms with van der Waals surface area (Å²) in [5.41, 5.74) is -4.04. The molecule has 0 fully saturated rings. The molecule has 18 heavy (non-hydrogen) atoms. The number of aromatic nitrogens is 1. The number of hydrogen-bond donors (Lipinski definition) is 0. The molecule has 3 nitrogen and oxygen atoms in total. The van der Waals surface area contributed by atoms with E-state index in [-0.39, 0.29) is 5.56 Å². The summed E-state index contributed by atoms with van der Waals surface area (Å²) in [6, 6.07) is 3.42. The second-order valence-corrected chi connectivity index (χ2v) is 3.18. The monoisotopic (exact) mass is 261 g/mol. The van der Waals surface area contributed by atoms with Crippen molar-refractivity contribution in [2.24, 2.45) is 0 Å². The highest BCUT2D eigenvalue weighted by molar-refractivity contribution is 5.40. The summed E-state index contributed by atoms with van der Waals surface area (Å²) in [7, 11) is 0. The fourth-order valence-electron chi connectivity index (χ4n) is 1.28. The Morgan fingerprint density at radius 1 is 1.28 bits per heavy atom. The average molecular weight is 261 g/mol. The molecule has 0 unspecified atom stereocenters.